The van der Waals surface area contributed by atoms with Gasteiger partial charge in [0.05, 0.1) is 5.52 Å². The number of nitrogens with zero attached hydrogens (tertiary/aromatic N) is 2. The van der Waals surface area contributed by atoms with Gasteiger partial charge in [0.15, 0.2) is 10.9 Å². The number of rotatable bonds is 3. The number of carbonyl (C=O) groups excluding carboxylic acids is 1. The summed E-state index contributed by atoms with van der Waals surface area (Å²) in [5.74, 6) is -0.184. The van der Waals surface area contributed by atoms with Gasteiger partial charge in [-0.1, -0.05) is 35.5 Å². The van der Waals surface area contributed by atoms with Crippen molar-refractivity contribution in [3.63, 3.8) is 0 Å². The molecule has 4 nitrogen and oxygen atoms in total. The van der Waals surface area contributed by atoms with Crippen molar-refractivity contribution in [3.05, 3.63) is 59.4 Å². The summed E-state index contributed by atoms with van der Waals surface area (Å²) in [5, 5.41) is 3.77. The number of thioether (sulfide) groups is 1. The van der Waals surface area contributed by atoms with Crippen molar-refractivity contribution >= 4 is 28.9 Å². The summed E-state index contributed by atoms with van der Waals surface area (Å²) < 4.78 is 1.93. The molecule has 0 spiro atoms. The Bertz CT molecular complexity index is 854. The third kappa shape index (κ3) is 2.60. The van der Waals surface area contributed by atoms with Crippen LogP contribution < -0.4 is 5.32 Å². The monoisotopic (exact) mass is 311 g/mol. The number of aryl methyl sites for hydroxylation is 2. The lowest BCUT2D eigenvalue weighted by Crippen LogP contribution is -2.13. The number of pyridine rings is 1. The van der Waals surface area contributed by atoms with E-state index >= 15 is 0 Å². The Kier molecular flexibility index (Phi) is 3.90. The lowest BCUT2D eigenvalue weighted by Gasteiger charge is -2.08. The Morgan fingerprint density at radius 1 is 1.23 bits per heavy atom. The second kappa shape index (κ2) is 5.85. The number of carbonyl (C=O) groups is 1. The zero-order valence-corrected chi connectivity index (χ0v) is 13.6. The lowest BCUT2D eigenvalue weighted by molar-refractivity contribution is 0.102. The molecule has 0 aliphatic heterocycles. The Balaban J connectivity index is 1.99. The van der Waals surface area contributed by atoms with Crippen LogP contribution in [0, 0.1) is 13.8 Å². The number of aromatic nitrogens is 2. The number of anilines is 1. The fourth-order valence-corrected chi connectivity index (χ4v) is 2.99. The van der Waals surface area contributed by atoms with E-state index in [0.717, 1.165) is 21.9 Å². The average molecular weight is 311 g/mol. The molecule has 1 amide bonds. The molecule has 2 aromatic heterocycles. The summed E-state index contributed by atoms with van der Waals surface area (Å²) in [6, 6.07) is 11.7. The Labute approximate surface area is 133 Å². The molecular weight excluding hydrogens is 294 g/mol. The van der Waals surface area contributed by atoms with E-state index in [9.17, 15) is 4.79 Å². The van der Waals surface area contributed by atoms with Crippen LogP contribution in [-0.4, -0.2) is 21.5 Å². The van der Waals surface area contributed by atoms with Crippen LogP contribution in [0.25, 0.3) is 5.52 Å². The van der Waals surface area contributed by atoms with Gasteiger partial charge in [0.1, 0.15) is 0 Å². The zero-order chi connectivity index (χ0) is 15.7. The van der Waals surface area contributed by atoms with E-state index in [-0.39, 0.29) is 5.91 Å². The van der Waals surface area contributed by atoms with E-state index < -0.39 is 0 Å². The molecule has 0 atom stereocenters. The van der Waals surface area contributed by atoms with Crippen LogP contribution in [-0.2, 0) is 0 Å². The van der Waals surface area contributed by atoms with Crippen LogP contribution in [0.3, 0.4) is 0 Å². The second-order valence-electron chi connectivity index (χ2n) is 5.18. The third-order valence-corrected chi connectivity index (χ3v) is 4.20. The van der Waals surface area contributed by atoms with Gasteiger partial charge in [-0.25, -0.2) is 4.98 Å². The van der Waals surface area contributed by atoms with Crippen LogP contribution in [0.15, 0.2) is 47.8 Å². The summed E-state index contributed by atoms with van der Waals surface area (Å²) in [4.78, 5) is 17.1. The summed E-state index contributed by atoms with van der Waals surface area (Å²) in [6.07, 6.45) is 3.87. The van der Waals surface area contributed by atoms with Crippen molar-refractivity contribution in [2.45, 2.75) is 19.0 Å². The molecule has 0 aliphatic carbocycles. The number of amides is 1. The topological polar surface area (TPSA) is 46.4 Å². The van der Waals surface area contributed by atoms with E-state index in [2.05, 4.69) is 10.3 Å². The van der Waals surface area contributed by atoms with Crippen molar-refractivity contribution in [2.24, 2.45) is 0 Å². The normalized spacial score (nSPS) is 10.9. The van der Waals surface area contributed by atoms with Crippen LogP contribution >= 0.6 is 11.8 Å². The molecule has 0 unspecified atom stereocenters. The molecular formula is C17H17N3OS. The fourth-order valence-electron chi connectivity index (χ4n) is 2.46. The highest BCUT2D eigenvalue weighted by atomic mass is 32.2. The number of nitrogens with one attached hydrogen (secondary N) is 1. The Morgan fingerprint density at radius 2 is 2.05 bits per heavy atom. The van der Waals surface area contributed by atoms with E-state index in [1.54, 1.807) is 0 Å². The molecule has 1 aromatic carbocycles. The van der Waals surface area contributed by atoms with Gasteiger partial charge >= 0.3 is 0 Å². The maximum atomic E-state index is 12.6. The second-order valence-corrected chi connectivity index (χ2v) is 5.95. The van der Waals surface area contributed by atoms with E-state index in [1.165, 1.54) is 17.3 Å². The fraction of sp³-hybridized carbons (Fsp3) is 0.176. The summed E-state index contributed by atoms with van der Waals surface area (Å²) in [5.41, 5.74) is 4.30. The molecule has 0 bridgehead atoms. The molecule has 3 rings (SSSR count). The van der Waals surface area contributed by atoms with Crippen molar-refractivity contribution < 1.29 is 4.79 Å². The summed E-state index contributed by atoms with van der Waals surface area (Å²) in [7, 11) is 0. The summed E-state index contributed by atoms with van der Waals surface area (Å²) in [6.45, 7) is 4.02. The number of hydrogen-bond donors (Lipinski definition) is 1. The molecule has 0 fully saturated rings. The molecule has 0 saturated carbocycles. The third-order valence-electron chi connectivity index (χ3n) is 3.54. The Morgan fingerprint density at radius 3 is 2.77 bits per heavy atom. The molecule has 3 aromatic rings. The maximum Gasteiger partial charge on any atom is 0.276 e. The lowest BCUT2D eigenvalue weighted by atomic mass is 10.1. The van der Waals surface area contributed by atoms with Gasteiger partial charge in [0.25, 0.3) is 5.91 Å². The SMILES string of the molecule is CSc1nc(C(=O)Nc2ccc(C)cc2C)c2ccccn12. The van der Waals surface area contributed by atoms with Gasteiger partial charge in [-0.2, -0.15) is 0 Å². The quantitative estimate of drug-likeness (QED) is 0.746. The number of benzene rings is 1. The van der Waals surface area contributed by atoms with Crippen LogP contribution in [0.5, 0.6) is 0 Å². The van der Waals surface area contributed by atoms with Crippen LogP contribution in [0.1, 0.15) is 21.6 Å². The minimum atomic E-state index is -0.184. The van der Waals surface area contributed by atoms with Crippen molar-refractivity contribution in [2.75, 3.05) is 11.6 Å². The number of fused-ring (bicyclic) bond motifs is 1. The predicted octanol–water partition coefficient (Wildman–Crippen LogP) is 3.93. The standard InChI is InChI=1S/C17H17N3OS/c1-11-7-8-13(12(2)10-11)18-16(21)15-14-6-4-5-9-20(14)17(19-15)22-3/h4-10H,1-3H3,(H,18,21). The van der Waals surface area contributed by atoms with Gasteiger partial charge in [-0.15, -0.1) is 0 Å². The van der Waals surface area contributed by atoms with E-state index in [1.807, 2.05) is 67.1 Å². The van der Waals surface area contributed by atoms with Gasteiger partial charge in [0, 0.05) is 11.9 Å². The highest BCUT2D eigenvalue weighted by Gasteiger charge is 2.17. The molecule has 22 heavy (non-hydrogen) atoms. The van der Waals surface area contributed by atoms with Crippen LogP contribution in [0.2, 0.25) is 0 Å². The first-order chi connectivity index (χ1) is 10.6. The van der Waals surface area contributed by atoms with Crippen molar-refractivity contribution in [1.29, 1.82) is 0 Å². The summed E-state index contributed by atoms with van der Waals surface area (Å²) >= 11 is 1.52. The van der Waals surface area contributed by atoms with Crippen molar-refractivity contribution in [1.82, 2.24) is 9.38 Å². The minimum Gasteiger partial charge on any atom is -0.320 e. The van der Waals surface area contributed by atoms with Crippen LogP contribution in [0.4, 0.5) is 5.69 Å². The smallest absolute Gasteiger partial charge is 0.276 e. The Hall–Kier alpha value is -2.27. The molecule has 0 radical (unpaired) electrons. The zero-order valence-electron chi connectivity index (χ0n) is 12.8. The first-order valence-corrected chi connectivity index (χ1v) is 8.22. The highest BCUT2D eigenvalue weighted by molar-refractivity contribution is 7.98. The largest absolute Gasteiger partial charge is 0.320 e. The molecule has 0 aliphatic rings. The molecule has 2 heterocycles. The van der Waals surface area contributed by atoms with Crippen molar-refractivity contribution in [3.8, 4) is 0 Å². The number of imidazole rings is 1. The molecule has 1 N–H and O–H groups in total. The van der Waals surface area contributed by atoms with E-state index in [0.29, 0.717) is 5.69 Å². The average Bonchev–Trinajstić information content (AvgIpc) is 2.89. The molecule has 5 heteroatoms. The maximum absolute atomic E-state index is 12.6. The predicted molar refractivity (Wildman–Crippen MR) is 90.8 cm³/mol. The van der Waals surface area contributed by atoms with Gasteiger partial charge in [-0.05, 0) is 43.9 Å². The first-order valence-electron chi connectivity index (χ1n) is 7.00. The highest BCUT2D eigenvalue weighted by Crippen LogP contribution is 2.22. The first kappa shape index (κ1) is 14.7. The number of hydrogen-bond acceptors (Lipinski definition) is 3. The minimum absolute atomic E-state index is 0.184. The van der Waals surface area contributed by atoms with E-state index in [4.69, 9.17) is 0 Å². The van der Waals surface area contributed by atoms with Gasteiger partial charge in [0.2, 0.25) is 0 Å². The molecule has 0 saturated heterocycles. The van der Waals surface area contributed by atoms with Gasteiger partial charge < -0.3 is 5.32 Å². The molecule has 112 valence electrons. The van der Waals surface area contributed by atoms with Gasteiger partial charge in [-0.3, -0.25) is 9.20 Å².